The Morgan fingerprint density at radius 2 is 2.00 bits per heavy atom. The molecule has 0 aromatic rings. The number of amides is 4. The highest BCUT2D eigenvalue weighted by Gasteiger charge is 2.24. The zero-order chi connectivity index (χ0) is 18.2. The van der Waals surface area contributed by atoms with Gasteiger partial charge in [0.15, 0.2) is 6.10 Å². The first-order chi connectivity index (χ1) is 12.0. The van der Waals surface area contributed by atoms with Gasteiger partial charge in [0.2, 0.25) is 0 Å². The second-order valence-electron chi connectivity index (χ2n) is 6.28. The molecule has 1 aliphatic heterocycles. The van der Waals surface area contributed by atoms with Gasteiger partial charge in [0, 0.05) is 24.9 Å². The lowest BCUT2D eigenvalue weighted by Crippen LogP contribution is -2.48. The molecule has 0 spiro atoms. The topological polar surface area (TPSA) is 105 Å². The zero-order valence-corrected chi connectivity index (χ0v) is 15.2. The fraction of sp³-hybridized carbons (Fsp3) is 0.750. The number of carbonyl (C=O) groups excluding carboxylic acids is 4. The Bertz CT molecular complexity index is 522. The highest BCUT2D eigenvalue weighted by molar-refractivity contribution is 8.13. The molecule has 2 rings (SSSR count). The first-order valence-electron chi connectivity index (χ1n) is 8.68. The molecule has 25 heavy (non-hydrogen) atoms. The summed E-state index contributed by atoms with van der Waals surface area (Å²) < 4.78 is 5.02. The van der Waals surface area contributed by atoms with Gasteiger partial charge >= 0.3 is 12.0 Å². The monoisotopic (exact) mass is 371 g/mol. The van der Waals surface area contributed by atoms with Crippen molar-refractivity contribution >= 4 is 34.9 Å². The first kappa shape index (κ1) is 19.6. The van der Waals surface area contributed by atoms with Gasteiger partial charge in [-0.3, -0.25) is 19.7 Å². The number of hydrogen-bond donors (Lipinski definition) is 2. The third-order valence-corrected chi connectivity index (χ3v) is 5.18. The van der Waals surface area contributed by atoms with Crippen molar-refractivity contribution in [2.45, 2.75) is 57.6 Å². The van der Waals surface area contributed by atoms with Crippen molar-refractivity contribution in [3.05, 3.63) is 0 Å². The predicted molar refractivity (Wildman–Crippen MR) is 93.1 cm³/mol. The highest BCUT2D eigenvalue weighted by atomic mass is 32.2. The summed E-state index contributed by atoms with van der Waals surface area (Å²) in [6.45, 7) is 2.31. The smallest absolute Gasteiger partial charge is 0.321 e. The summed E-state index contributed by atoms with van der Waals surface area (Å²) in [7, 11) is 0. The van der Waals surface area contributed by atoms with E-state index in [0.717, 1.165) is 31.4 Å². The fourth-order valence-electron chi connectivity index (χ4n) is 2.85. The van der Waals surface area contributed by atoms with Crippen LogP contribution < -0.4 is 10.6 Å². The molecule has 0 bridgehead atoms. The lowest BCUT2D eigenvalue weighted by molar-refractivity contribution is -0.154. The zero-order valence-electron chi connectivity index (χ0n) is 14.4. The lowest BCUT2D eigenvalue weighted by atomic mass is 9.96. The number of nitrogens with one attached hydrogen (secondary N) is 2. The normalized spacial score (nSPS) is 19.4. The van der Waals surface area contributed by atoms with E-state index in [4.69, 9.17) is 4.74 Å². The van der Waals surface area contributed by atoms with Gasteiger partial charge in [0.05, 0.1) is 6.42 Å². The number of thioether (sulfide) groups is 1. The molecule has 140 valence electrons. The van der Waals surface area contributed by atoms with Crippen LogP contribution in [-0.4, -0.2) is 59.0 Å². The highest BCUT2D eigenvalue weighted by Crippen LogP contribution is 2.18. The van der Waals surface area contributed by atoms with Crippen molar-refractivity contribution in [3.8, 4) is 0 Å². The summed E-state index contributed by atoms with van der Waals surface area (Å²) in [6, 6.07) is -0.463. The quantitative estimate of drug-likeness (QED) is 0.688. The standard InChI is InChI=1S/C16H25N3O5S/c1-11(24-13(20)7-8-19-9-10-25-16(19)23)14(21)18-15(22)17-12-5-3-2-4-6-12/h11-12H,2-10H2,1H3,(H2,17,18,21,22). The Morgan fingerprint density at radius 3 is 2.64 bits per heavy atom. The summed E-state index contributed by atoms with van der Waals surface area (Å²) in [5, 5.41) is 4.93. The number of urea groups is 1. The molecule has 8 nitrogen and oxygen atoms in total. The number of esters is 1. The second-order valence-corrected chi connectivity index (χ2v) is 7.33. The molecule has 0 radical (unpaired) electrons. The van der Waals surface area contributed by atoms with Gasteiger partial charge in [0.1, 0.15) is 0 Å². The van der Waals surface area contributed by atoms with E-state index in [0.29, 0.717) is 6.54 Å². The minimum absolute atomic E-state index is 0.0260. The van der Waals surface area contributed by atoms with Gasteiger partial charge in [-0.05, 0) is 19.8 Å². The Balaban J connectivity index is 1.65. The summed E-state index contributed by atoms with van der Waals surface area (Å²) in [5.41, 5.74) is 0. The van der Waals surface area contributed by atoms with E-state index >= 15 is 0 Å². The average molecular weight is 371 g/mol. The van der Waals surface area contributed by atoms with Crippen molar-refractivity contribution in [3.63, 3.8) is 0 Å². The van der Waals surface area contributed by atoms with E-state index < -0.39 is 24.0 Å². The SMILES string of the molecule is CC(OC(=O)CCN1CCSC1=O)C(=O)NC(=O)NC1CCCCC1. The van der Waals surface area contributed by atoms with E-state index in [1.165, 1.54) is 25.1 Å². The second kappa shape index (κ2) is 9.65. The average Bonchev–Trinajstić information content (AvgIpc) is 2.98. The summed E-state index contributed by atoms with van der Waals surface area (Å²) >= 11 is 1.22. The van der Waals surface area contributed by atoms with Gasteiger partial charge < -0.3 is 15.0 Å². The number of carbonyl (C=O) groups is 4. The molecule has 1 aliphatic carbocycles. The summed E-state index contributed by atoms with van der Waals surface area (Å²) in [5.74, 6) is -0.502. The van der Waals surface area contributed by atoms with Crippen LogP contribution in [0.25, 0.3) is 0 Å². The molecular formula is C16H25N3O5S. The van der Waals surface area contributed by atoms with Crippen molar-refractivity contribution in [1.29, 1.82) is 0 Å². The maximum absolute atomic E-state index is 11.9. The van der Waals surface area contributed by atoms with Crippen LogP contribution in [0.4, 0.5) is 9.59 Å². The van der Waals surface area contributed by atoms with Crippen molar-refractivity contribution < 1.29 is 23.9 Å². The molecule has 1 heterocycles. The molecule has 2 aliphatic rings. The van der Waals surface area contributed by atoms with Crippen LogP contribution in [0, 0.1) is 0 Å². The molecule has 1 atom stereocenters. The Kier molecular flexibility index (Phi) is 7.54. The first-order valence-corrected chi connectivity index (χ1v) is 9.67. The van der Waals surface area contributed by atoms with Crippen molar-refractivity contribution in [2.24, 2.45) is 0 Å². The fourth-order valence-corrected chi connectivity index (χ4v) is 3.70. The molecule has 2 N–H and O–H groups in total. The Morgan fingerprint density at radius 1 is 1.28 bits per heavy atom. The molecule has 1 unspecified atom stereocenters. The van der Waals surface area contributed by atoms with Crippen molar-refractivity contribution in [2.75, 3.05) is 18.8 Å². The maximum atomic E-state index is 11.9. The van der Waals surface area contributed by atoms with Crippen LogP contribution in [0.2, 0.25) is 0 Å². The van der Waals surface area contributed by atoms with Gasteiger partial charge in [-0.1, -0.05) is 31.0 Å². The maximum Gasteiger partial charge on any atom is 0.321 e. The van der Waals surface area contributed by atoms with Crippen LogP contribution in [0.1, 0.15) is 45.4 Å². The summed E-state index contributed by atoms with van der Waals surface area (Å²) in [6.07, 6.45) is 4.12. The van der Waals surface area contributed by atoms with Crippen LogP contribution in [0.5, 0.6) is 0 Å². The van der Waals surface area contributed by atoms with Crippen LogP contribution >= 0.6 is 11.8 Å². The Labute approximate surface area is 151 Å². The molecule has 2 fully saturated rings. The number of imide groups is 1. The molecule has 4 amide bonds. The minimum atomic E-state index is -1.06. The summed E-state index contributed by atoms with van der Waals surface area (Å²) in [4.78, 5) is 48.5. The van der Waals surface area contributed by atoms with E-state index in [1.54, 1.807) is 4.90 Å². The Hall–Kier alpha value is -1.77. The largest absolute Gasteiger partial charge is 0.452 e. The lowest BCUT2D eigenvalue weighted by Gasteiger charge is -2.23. The predicted octanol–water partition coefficient (Wildman–Crippen LogP) is 1.64. The van der Waals surface area contributed by atoms with Gasteiger partial charge in [0.25, 0.3) is 11.1 Å². The third-order valence-electron chi connectivity index (χ3n) is 4.29. The van der Waals surface area contributed by atoms with Crippen LogP contribution in [-0.2, 0) is 14.3 Å². The molecule has 0 aromatic heterocycles. The molecular weight excluding hydrogens is 346 g/mol. The van der Waals surface area contributed by atoms with E-state index in [-0.39, 0.29) is 24.2 Å². The number of hydrogen-bond acceptors (Lipinski definition) is 6. The molecule has 9 heteroatoms. The van der Waals surface area contributed by atoms with E-state index in [2.05, 4.69) is 10.6 Å². The van der Waals surface area contributed by atoms with Crippen LogP contribution in [0.15, 0.2) is 0 Å². The number of nitrogens with zero attached hydrogens (tertiary/aromatic N) is 1. The molecule has 0 aromatic carbocycles. The number of rotatable bonds is 6. The van der Waals surface area contributed by atoms with Crippen LogP contribution in [0.3, 0.4) is 0 Å². The van der Waals surface area contributed by atoms with Gasteiger partial charge in [-0.2, -0.15) is 0 Å². The molecule has 1 saturated heterocycles. The van der Waals surface area contributed by atoms with Gasteiger partial charge in [-0.15, -0.1) is 0 Å². The minimum Gasteiger partial charge on any atom is -0.452 e. The third kappa shape index (κ3) is 6.56. The van der Waals surface area contributed by atoms with Crippen molar-refractivity contribution in [1.82, 2.24) is 15.5 Å². The number of ether oxygens (including phenoxy) is 1. The van der Waals surface area contributed by atoms with E-state index in [1.807, 2.05) is 0 Å². The van der Waals surface area contributed by atoms with Gasteiger partial charge in [-0.25, -0.2) is 4.79 Å². The van der Waals surface area contributed by atoms with E-state index in [9.17, 15) is 19.2 Å². The molecule has 1 saturated carbocycles.